The molecular weight excluding hydrogens is 234 g/mol. The third-order valence-corrected chi connectivity index (χ3v) is 3.15. The Morgan fingerprint density at radius 1 is 1.17 bits per heavy atom. The van der Waals surface area contributed by atoms with Crippen molar-refractivity contribution in [3.63, 3.8) is 0 Å². The van der Waals surface area contributed by atoms with Crippen molar-refractivity contribution in [3.8, 4) is 0 Å². The van der Waals surface area contributed by atoms with Crippen molar-refractivity contribution >= 4 is 12.0 Å². The van der Waals surface area contributed by atoms with E-state index in [4.69, 9.17) is 5.11 Å². The molecule has 0 atom stereocenters. The molecule has 1 heterocycles. The molecule has 18 heavy (non-hydrogen) atoms. The highest BCUT2D eigenvalue weighted by Crippen LogP contribution is 2.06. The molecule has 0 aliphatic carbocycles. The fraction of sp³-hybridized carbons (Fsp3) is 0.833. The van der Waals surface area contributed by atoms with Crippen LogP contribution in [0.1, 0.15) is 20.3 Å². The molecule has 0 saturated carbocycles. The Balaban J connectivity index is 2.41. The van der Waals surface area contributed by atoms with Gasteiger partial charge in [-0.3, -0.25) is 9.69 Å². The molecule has 0 aromatic rings. The van der Waals surface area contributed by atoms with Crippen molar-refractivity contribution in [1.82, 2.24) is 14.7 Å². The summed E-state index contributed by atoms with van der Waals surface area (Å²) >= 11 is 0. The second kappa shape index (κ2) is 7.20. The molecule has 0 spiro atoms. The van der Waals surface area contributed by atoms with E-state index in [0.29, 0.717) is 26.2 Å². The van der Waals surface area contributed by atoms with Crippen molar-refractivity contribution in [2.24, 2.45) is 0 Å². The number of carboxylic acid groups (broad SMARTS) is 1. The van der Waals surface area contributed by atoms with Crippen LogP contribution >= 0.6 is 0 Å². The summed E-state index contributed by atoms with van der Waals surface area (Å²) in [5.41, 5.74) is 0. The van der Waals surface area contributed by atoms with E-state index in [1.807, 2.05) is 21.6 Å². The Morgan fingerprint density at radius 3 is 2.22 bits per heavy atom. The first-order chi connectivity index (χ1) is 8.58. The van der Waals surface area contributed by atoms with Crippen molar-refractivity contribution < 1.29 is 14.7 Å². The number of aliphatic carboxylic acids is 1. The highest BCUT2D eigenvalue weighted by atomic mass is 16.4. The number of carbonyl (C=O) groups is 2. The van der Waals surface area contributed by atoms with Gasteiger partial charge in [0.25, 0.3) is 0 Å². The second-order valence-electron chi connectivity index (χ2n) is 4.52. The van der Waals surface area contributed by atoms with Gasteiger partial charge < -0.3 is 14.9 Å². The van der Waals surface area contributed by atoms with E-state index in [1.54, 1.807) is 0 Å². The number of urea groups is 1. The predicted octanol–water partition coefficient (Wildman–Crippen LogP) is 0.541. The Labute approximate surface area is 108 Å². The minimum atomic E-state index is -0.809. The van der Waals surface area contributed by atoms with Crippen LogP contribution in [0.2, 0.25) is 0 Å². The third kappa shape index (κ3) is 4.18. The van der Waals surface area contributed by atoms with Crippen molar-refractivity contribution in [2.75, 3.05) is 45.8 Å². The van der Waals surface area contributed by atoms with Crippen LogP contribution in [-0.4, -0.2) is 77.6 Å². The van der Waals surface area contributed by atoms with Crippen molar-refractivity contribution in [1.29, 1.82) is 0 Å². The Kier molecular flexibility index (Phi) is 5.91. The molecule has 2 amide bonds. The fourth-order valence-electron chi connectivity index (χ4n) is 2.15. The molecule has 6 heteroatoms. The number of carbonyl (C=O) groups excluding carboxylic acids is 1. The molecule has 0 aromatic heterocycles. The summed E-state index contributed by atoms with van der Waals surface area (Å²) in [4.78, 5) is 28.3. The summed E-state index contributed by atoms with van der Waals surface area (Å²) in [6.45, 7) is 8.12. The first kappa shape index (κ1) is 14.8. The lowest BCUT2D eigenvalue weighted by atomic mass is 10.3. The average molecular weight is 257 g/mol. The van der Waals surface area contributed by atoms with Crippen LogP contribution in [0.3, 0.4) is 0 Å². The Hall–Kier alpha value is -1.30. The molecule has 1 N–H and O–H groups in total. The van der Waals surface area contributed by atoms with Crippen molar-refractivity contribution in [3.05, 3.63) is 0 Å². The van der Waals surface area contributed by atoms with Crippen LogP contribution in [0.25, 0.3) is 0 Å². The van der Waals surface area contributed by atoms with Gasteiger partial charge in [-0.15, -0.1) is 0 Å². The summed E-state index contributed by atoms with van der Waals surface area (Å²) < 4.78 is 0. The lowest BCUT2D eigenvalue weighted by Crippen LogP contribution is -2.53. The van der Waals surface area contributed by atoms with Gasteiger partial charge in [0.2, 0.25) is 0 Å². The highest BCUT2D eigenvalue weighted by Gasteiger charge is 2.24. The topological polar surface area (TPSA) is 64.1 Å². The fourth-order valence-corrected chi connectivity index (χ4v) is 2.15. The Bertz CT molecular complexity index is 288. The van der Waals surface area contributed by atoms with E-state index in [2.05, 4.69) is 6.92 Å². The van der Waals surface area contributed by atoms with Crippen LogP contribution in [0.15, 0.2) is 0 Å². The monoisotopic (exact) mass is 257 g/mol. The maximum absolute atomic E-state index is 12.2. The first-order valence-corrected chi connectivity index (χ1v) is 6.56. The zero-order chi connectivity index (χ0) is 13.5. The maximum atomic E-state index is 12.2. The SMILES string of the molecule is CCCN(CC)C(=O)N1CCN(CC(=O)O)CC1. The van der Waals surface area contributed by atoms with Gasteiger partial charge in [-0.05, 0) is 13.3 Å². The van der Waals surface area contributed by atoms with Crippen LogP contribution in [-0.2, 0) is 4.79 Å². The Morgan fingerprint density at radius 2 is 1.78 bits per heavy atom. The van der Waals surface area contributed by atoms with E-state index in [-0.39, 0.29) is 12.6 Å². The van der Waals surface area contributed by atoms with Gasteiger partial charge in [0, 0.05) is 39.3 Å². The summed E-state index contributed by atoms with van der Waals surface area (Å²) in [5, 5.41) is 8.71. The van der Waals surface area contributed by atoms with Crippen molar-refractivity contribution in [2.45, 2.75) is 20.3 Å². The smallest absolute Gasteiger partial charge is 0.320 e. The molecular formula is C12H23N3O3. The highest BCUT2D eigenvalue weighted by molar-refractivity contribution is 5.74. The lowest BCUT2D eigenvalue weighted by molar-refractivity contribution is -0.138. The molecule has 104 valence electrons. The molecule has 0 unspecified atom stereocenters. The first-order valence-electron chi connectivity index (χ1n) is 6.56. The molecule has 1 fully saturated rings. The second-order valence-corrected chi connectivity index (χ2v) is 4.52. The minimum absolute atomic E-state index is 0.0640. The third-order valence-electron chi connectivity index (χ3n) is 3.15. The van der Waals surface area contributed by atoms with Gasteiger partial charge in [-0.25, -0.2) is 4.79 Å². The van der Waals surface area contributed by atoms with Gasteiger partial charge in [0.15, 0.2) is 0 Å². The van der Waals surface area contributed by atoms with Gasteiger partial charge in [-0.2, -0.15) is 0 Å². The zero-order valence-electron chi connectivity index (χ0n) is 11.3. The molecule has 1 aliphatic rings. The standard InChI is InChI=1S/C12H23N3O3/c1-3-5-14(4-2)12(18)15-8-6-13(7-9-15)10-11(16)17/h3-10H2,1-2H3,(H,16,17). The number of rotatable bonds is 5. The molecule has 1 aliphatic heterocycles. The van der Waals surface area contributed by atoms with Gasteiger partial charge in [0.1, 0.15) is 0 Å². The number of carboxylic acids is 1. The normalized spacial score (nSPS) is 16.7. The number of hydrogen-bond donors (Lipinski definition) is 1. The number of hydrogen-bond acceptors (Lipinski definition) is 3. The van der Waals surface area contributed by atoms with E-state index in [9.17, 15) is 9.59 Å². The largest absolute Gasteiger partial charge is 0.480 e. The van der Waals surface area contributed by atoms with Gasteiger partial charge in [-0.1, -0.05) is 6.92 Å². The van der Waals surface area contributed by atoms with E-state index in [0.717, 1.165) is 19.5 Å². The summed E-state index contributed by atoms with van der Waals surface area (Å²) in [6.07, 6.45) is 0.957. The maximum Gasteiger partial charge on any atom is 0.320 e. The molecule has 0 bridgehead atoms. The predicted molar refractivity (Wildman–Crippen MR) is 68.6 cm³/mol. The van der Waals surface area contributed by atoms with E-state index < -0.39 is 5.97 Å². The number of amides is 2. The average Bonchev–Trinajstić information content (AvgIpc) is 2.35. The minimum Gasteiger partial charge on any atom is -0.480 e. The van der Waals surface area contributed by atoms with Crippen LogP contribution in [0.5, 0.6) is 0 Å². The summed E-state index contributed by atoms with van der Waals surface area (Å²) in [7, 11) is 0. The summed E-state index contributed by atoms with van der Waals surface area (Å²) in [6, 6.07) is 0.0781. The molecule has 1 saturated heterocycles. The van der Waals surface area contributed by atoms with Gasteiger partial charge in [0.05, 0.1) is 6.54 Å². The number of piperazine rings is 1. The van der Waals surface area contributed by atoms with E-state index >= 15 is 0 Å². The molecule has 1 rings (SSSR count). The summed E-state index contributed by atoms with van der Waals surface area (Å²) in [5.74, 6) is -0.809. The molecule has 6 nitrogen and oxygen atoms in total. The van der Waals surface area contributed by atoms with E-state index in [1.165, 1.54) is 0 Å². The number of nitrogens with zero attached hydrogens (tertiary/aromatic N) is 3. The molecule has 0 radical (unpaired) electrons. The van der Waals surface area contributed by atoms with Crippen LogP contribution in [0, 0.1) is 0 Å². The lowest BCUT2D eigenvalue weighted by Gasteiger charge is -2.36. The van der Waals surface area contributed by atoms with Crippen LogP contribution < -0.4 is 0 Å². The van der Waals surface area contributed by atoms with Crippen LogP contribution in [0.4, 0.5) is 4.79 Å². The van der Waals surface area contributed by atoms with Gasteiger partial charge >= 0.3 is 12.0 Å². The quantitative estimate of drug-likeness (QED) is 0.781. The molecule has 0 aromatic carbocycles. The zero-order valence-corrected chi connectivity index (χ0v) is 11.3.